The predicted molar refractivity (Wildman–Crippen MR) is 99.9 cm³/mol. The molecule has 2 aromatic rings. The molecule has 1 N–H and O–H groups in total. The van der Waals surface area contributed by atoms with Crippen LogP contribution in [0.1, 0.15) is 36.8 Å². The molecular weight excluding hydrogens is 359 g/mol. The third-order valence-corrected chi connectivity index (χ3v) is 5.95. The molecule has 1 fully saturated rings. The molecule has 142 valence electrons. The van der Waals surface area contributed by atoms with Gasteiger partial charge in [0.15, 0.2) is 0 Å². The van der Waals surface area contributed by atoms with Gasteiger partial charge < -0.3 is 10.2 Å². The summed E-state index contributed by atoms with van der Waals surface area (Å²) in [6.07, 6.45) is 0.214. The van der Waals surface area contributed by atoms with Crippen LogP contribution in [0, 0.1) is 6.92 Å². The normalized spacial score (nSPS) is 14.7. The number of carbonyl (C=O) groups is 1. The van der Waals surface area contributed by atoms with Crippen molar-refractivity contribution in [2.45, 2.75) is 46.3 Å². The average Bonchev–Trinajstić information content (AvgIpc) is 3.12. The summed E-state index contributed by atoms with van der Waals surface area (Å²) < 4.78 is 15.4. The molecule has 0 radical (unpaired) electrons. The number of hydrogen-bond acceptors (Lipinski definition) is 4. The van der Waals surface area contributed by atoms with Gasteiger partial charge in [-0.15, -0.1) is 11.3 Å². The number of hydrogen-bond donors (Lipinski definition) is 1. The van der Waals surface area contributed by atoms with Gasteiger partial charge in [-0.3, -0.25) is 18.3 Å². The minimum atomic E-state index is -0.528. The van der Waals surface area contributed by atoms with Crippen LogP contribution in [-0.2, 0) is 13.1 Å². The first-order chi connectivity index (χ1) is 12.4. The molecular formula is C17H23FN4O3S. The maximum absolute atomic E-state index is 12.9. The lowest BCUT2D eigenvalue weighted by molar-refractivity contribution is 0.216. The molecule has 3 rings (SSSR count). The summed E-state index contributed by atoms with van der Waals surface area (Å²) in [5.41, 5.74) is 0.0677. The van der Waals surface area contributed by atoms with E-state index < -0.39 is 12.4 Å². The summed E-state index contributed by atoms with van der Waals surface area (Å²) in [4.78, 5) is 40.7. The fraction of sp³-hybridized carbons (Fsp3) is 0.588. The van der Waals surface area contributed by atoms with Crippen molar-refractivity contribution in [1.29, 1.82) is 0 Å². The standard InChI is InChI=1S/C17H23FN4O3S/c1-10(2)22-14(23)13-11(3)12(9-20-8-6-19-16(20)24)26-15(13)21(17(22)25)7-4-5-18/h10H,4-9H2,1-3H3,(H,19,24). The molecule has 7 nitrogen and oxygen atoms in total. The van der Waals surface area contributed by atoms with E-state index in [1.807, 2.05) is 6.92 Å². The van der Waals surface area contributed by atoms with E-state index in [0.717, 1.165) is 10.4 Å². The van der Waals surface area contributed by atoms with E-state index in [4.69, 9.17) is 0 Å². The monoisotopic (exact) mass is 382 g/mol. The number of aryl methyl sites for hydroxylation is 2. The molecule has 1 aliphatic rings. The highest BCUT2D eigenvalue weighted by molar-refractivity contribution is 7.18. The fourth-order valence-corrected chi connectivity index (χ4v) is 4.60. The maximum Gasteiger partial charge on any atom is 0.332 e. The molecule has 9 heteroatoms. The zero-order valence-corrected chi connectivity index (χ0v) is 16.0. The lowest BCUT2D eigenvalue weighted by Gasteiger charge is -2.14. The van der Waals surface area contributed by atoms with Gasteiger partial charge in [0.2, 0.25) is 0 Å². The van der Waals surface area contributed by atoms with Gasteiger partial charge in [-0.25, -0.2) is 9.59 Å². The Balaban J connectivity index is 2.20. The molecule has 0 saturated carbocycles. The largest absolute Gasteiger partial charge is 0.336 e. The maximum atomic E-state index is 12.9. The minimum absolute atomic E-state index is 0.128. The van der Waals surface area contributed by atoms with Crippen molar-refractivity contribution in [1.82, 2.24) is 19.4 Å². The highest BCUT2D eigenvalue weighted by Crippen LogP contribution is 2.29. The smallest absolute Gasteiger partial charge is 0.332 e. The summed E-state index contributed by atoms with van der Waals surface area (Å²) in [6.45, 7) is 6.72. The summed E-state index contributed by atoms with van der Waals surface area (Å²) in [6, 6.07) is -0.417. The minimum Gasteiger partial charge on any atom is -0.336 e. The number of alkyl halides is 1. The Bertz CT molecular complexity index is 960. The number of fused-ring (bicyclic) bond motifs is 1. The molecule has 2 aromatic heterocycles. The van der Waals surface area contributed by atoms with E-state index in [9.17, 15) is 18.8 Å². The zero-order chi connectivity index (χ0) is 19.0. The van der Waals surface area contributed by atoms with E-state index in [-0.39, 0.29) is 30.6 Å². The lowest BCUT2D eigenvalue weighted by atomic mass is 10.2. The van der Waals surface area contributed by atoms with E-state index in [1.54, 1.807) is 18.7 Å². The molecule has 3 heterocycles. The third kappa shape index (κ3) is 3.04. The van der Waals surface area contributed by atoms with Gasteiger partial charge in [0.1, 0.15) is 4.83 Å². The van der Waals surface area contributed by atoms with Gasteiger partial charge >= 0.3 is 11.7 Å². The summed E-state index contributed by atoms with van der Waals surface area (Å²) in [5.74, 6) is 0. The number of halogens is 1. The molecule has 2 amide bonds. The molecule has 0 aromatic carbocycles. The van der Waals surface area contributed by atoms with Gasteiger partial charge in [0.25, 0.3) is 5.56 Å². The fourth-order valence-electron chi connectivity index (χ4n) is 3.27. The molecule has 0 atom stereocenters. The molecule has 26 heavy (non-hydrogen) atoms. The number of urea groups is 1. The number of aromatic nitrogens is 2. The summed E-state index contributed by atoms with van der Waals surface area (Å²) >= 11 is 1.34. The SMILES string of the molecule is Cc1c(CN2CCNC2=O)sc2c1c(=O)n(C(C)C)c(=O)n2CCCF. The van der Waals surface area contributed by atoms with Gasteiger partial charge in [-0.1, -0.05) is 0 Å². The van der Waals surface area contributed by atoms with Crippen LogP contribution < -0.4 is 16.6 Å². The van der Waals surface area contributed by atoms with Gasteiger partial charge in [0.05, 0.1) is 18.6 Å². The zero-order valence-electron chi connectivity index (χ0n) is 15.2. The van der Waals surface area contributed by atoms with Crippen LogP contribution >= 0.6 is 11.3 Å². The first-order valence-electron chi connectivity index (χ1n) is 8.72. The Hall–Kier alpha value is -2.16. The van der Waals surface area contributed by atoms with Crippen molar-refractivity contribution in [2.24, 2.45) is 0 Å². The van der Waals surface area contributed by atoms with Crippen molar-refractivity contribution in [3.05, 3.63) is 31.3 Å². The number of nitrogens with one attached hydrogen (secondary N) is 1. The van der Waals surface area contributed by atoms with Crippen LogP contribution in [0.25, 0.3) is 10.2 Å². The van der Waals surface area contributed by atoms with E-state index in [2.05, 4.69) is 5.32 Å². The summed E-state index contributed by atoms with van der Waals surface area (Å²) in [5, 5.41) is 3.25. The Labute approximate surface area is 154 Å². The second kappa shape index (κ2) is 7.22. The Kier molecular flexibility index (Phi) is 5.17. The van der Waals surface area contributed by atoms with Crippen LogP contribution in [0.15, 0.2) is 9.59 Å². The lowest BCUT2D eigenvalue weighted by Crippen LogP contribution is -2.40. The quantitative estimate of drug-likeness (QED) is 0.830. The predicted octanol–water partition coefficient (Wildman–Crippen LogP) is 2.00. The third-order valence-electron chi connectivity index (χ3n) is 4.65. The number of rotatable bonds is 6. The topological polar surface area (TPSA) is 76.3 Å². The number of thiophene rings is 1. The first-order valence-corrected chi connectivity index (χ1v) is 9.54. The van der Waals surface area contributed by atoms with Crippen LogP contribution in [0.3, 0.4) is 0 Å². The first kappa shape index (κ1) is 18.6. The van der Waals surface area contributed by atoms with Gasteiger partial charge in [-0.05, 0) is 32.8 Å². The van der Waals surface area contributed by atoms with Gasteiger partial charge in [0, 0.05) is 30.6 Å². The molecule has 0 bridgehead atoms. The molecule has 0 spiro atoms. The van der Waals surface area contributed by atoms with Crippen LogP contribution in [-0.4, -0.2) is 39.8 Å². The van der Waals surface area contributed by atoms with Gasteiger partial charge in [-0.2, -0.15) is 0 Å². The molecule has 1 aliphatic heterocycles. The van der Waals surface area contributed by atoms with Crippen LogP contribution in [0.5, 0.6) is 0 Å². The Morgan fingerprint density at radius 3 is 2.58 bits per heavy atom. The van der Waals surface area contributed by atoms with Crippen molar-refractivity contribution < 1.29 is 9.18 Å². The Morgan fingerprint density at radius 2 is 2.00 bits per heavy atom. The van der Waals surface area contributed by atoms with Crippen LogP contribution in [0.2, 0.25) is 0 Å². The van der Waals surface area contributed by atoms with E-state index in [1.165, 1.54) is 20.5 Å². The van der Waals surface area contributed by atoms with Crippen molar-refractivity contribution in [3.8, 4) is 0 Å². The van der Waals surface area contributed by atoms with Crippen molar-refractivity contribution in [2.75, 3.05) is 19.8 Å². The van der Waals surface area contributed by atoms with Crippen molar-refractivity contribution >= 4 is 27.6 Å². The van der Waals surface area contributed by atoms with Crippen molar-refractivity contribution in [3.63, 3.8) is 0 Å². The summed E-state index contributed by atoms with van der Waals surface area (Å²) in [7, 11) is 0. The molecule has 0 unspecified atom stereocenters. The average molecular weight is 382 g/mol. The number of carbonyl (C=O) groups excluding carboxylic acids is 1. The van der Waals surface area contributed by atoms with Crippen LogP contribution in [0.4, 0.5) is 9.18 Å². The van der Waals surface area contributed by atoms with E-state index in [0.29, 0.717) is 29.9 Å². The highest BCUT2D eigenvalue weighted by Gasteiger charge is 2.25. The van der Waals surface area contributed by atoms with E-state index >= 15 is 0 Å². The highest BCUT2D eigenvalue weighted by atomic mass is 32.1. The molecule has 0 aliphatic carbocycles. The second-order valence-corrected chi connectivity index (χ2v) is 7.81. The Morgan fingerprint density at radius 1 is 1.27 bits per heavy atom. The number of nitrogens with zero attached hydrogens (tertiary/aromatic N) is 3. The molecule has 1 saturated heterocycles. The second-order valence-electron chi connectivity index (χ2n) is 6.73. The number of amides is 2.